The summed E-state index contributed by atoms with van der Waals surface area (Å²) in [7, 11) is 0. The van der Waals surface area contributed by atoms with Crippen molar-refractivity contribution in [1.82, 2.24) is 19.2 Å². The van der Waals surface area contributed by atoms with Gasteiger partial charge in [-0.15, -0.1) is 0 Å². The van der Waals surface area contributed by atoms with Gasteiger partial charge >= 0.3 is 0 Å². The Morgan fingerprint density at radius 1 is 0.850 bits per heavy atom. The third-order valence-electron chi connectivity index (χ3n) is 7.26. The summed E-state index contributed by atoms with van der Waals surface area (Å²) >= 11 is 0. The second-order valence-electron chi connectivity index (χ2n) is 9.81. The summed E-state index contributed by atoms with van der Waals surface area (Å²) < 4.78 is 15.7. The second-order valence-corrected chi connectivity index (χ2v) is 9.81. The molecule has 0 N–H and O–H groups in total. The number of carbonyl (C=O) groups excluding carboxylic acids is 1. The van der Waals surface area contributed by atoms with E-state index in [1.165, 1.54) is 18.2 Å². The molecule has 3 aromatic carbocycles. The van der Waals surface area contributed by atoms with Crippen LogP contribution in [0.1, 0.15) is 16.1 Å². The molecule has 0 aliphatic carbocycles. The lowest BCUT2D eigenvalue weighted by molar-refractivity contribution is -0.384. The minimum Gasteiger partial charge on any atom is -0.336 e. The van der Waals surface area contributed by atoms with Crippen molar-refractivity contribution in [2.45, 2.75) is 6.54 Å². The van der Waals surface area contributed by atoms with E-state index in [0.29, 0.717) is 38.3 Å². The minimum atomic E-state index is -0.421. The average Bonchev–Trinajstić information content (AvgIpc) is 3.35. The number of carbonyl (C=O) groups is 1. The van der Waals surface area contributed by atoms with E-state index >= 15 is 0 Å². The van der Waals surface area contributed by atoms with Crippen molar-refractivity contribution < 1.29 is 14.1 Å². The highest BCUT2D eigenvalue weighted by Gasteiger charge is 2.25. The van der Waals surface area contributed by atoms with Gasteiger partial charge in [0.15, 0.2) is 0 Å². The summed E-state index contributed by atoms with van der Waals surface area (Å²) in [5.41, 5.74) is 5.64. The molecule has 1 fully saturated rings. The van der Waals surface area contributed by atoms with Crippen LogP contribution in [0.3, 0.4) is 0 Å². The molecule has 0 saturated carbocycles. The SMILES string of the molecule is O=C(c1cccc(F)c1)N1CCN(Cc2c(-c3ccccc3)nc3ccc(-c4cccc([N+](=O)[O-])c4)cn23)CC1. The molecule has 0 unspecified atom stereocenters. The van der Waals surface area contributed by atoms with Crippen molar-refractivity contribution in [3.05, 3.63) is 124 Å². The predicted octanol–water partition coefficient (Wildman–Crippen LogP) is 5.67. The van der Waals surface area contributed by atoms with Crippen molar-refractivity contribution in [1.29, 1.82) is 0 Å². The molecular formula is C31H26FN5O3. The molecule has 0 spiro atoms. The third kappa shape index (κ3) is 5.06. The minimum absolute atomic E-state index is 0.0408. The topological polar surface area (TPSA) is 84.0 Å². The third-order valence-corrected chi connectivity index (χ3v) is 7.26. The van der Waals surface area contributed by atoms with Gasteiger partial charge in [-0.3, -0.25) is 19.8 Å². The van der Waals surface area contributed by atoms with Crippen LogP contribution in [0.5, 0.6) is 0 Å². The number of non-ortho nitro benzene ring substituents is 1. The lowest BCUT2D eigenvalue weighted by Crippen LogP contribution is -2.48. The van der Waals surface area contributed by atoms with Crippen molar-refractivity contribution in [2.24, 2.45) is 0 Å². The molecule has 0 atom stereocenters. The van der Waals surface area contributed by atoms with Gasteiger partial charge in [0.1, 0.15) is 11.5 Å². The Bertz CT molecular complexity index is 1710. The van der Waals surface area contributed by atoms with Crippen LogP contribution in [-0.4, -0.2) is 56.2 Å². The Morgan fingerprint density at radius 3 is 2.35 bits per heavy atom. The van der Waals surface area contributed by atoms with Crippen LogP contribution in [0.15, 0.2) is 97.2 Å². The smallest absolute Gasteiger partial charge is 0.270 e. The fourth-order valence-corrected chi connectivity index (χ4v) is 5.17. The number of nitrogens with zero attached hydrogens (tertiary/aromatic N) is 5. The van der Waals surface area contributed by atoms with Crippen molar-refractivity contribution in [2.75, 3.05) is 26.2 Å². The Hall–Kier alpha value is -4.89. The number of halogens is 1. The van der Waals surface area contributed by atoms with Gasteiger partial charge in [0.25, 0.3) is 11.6 Å². The first kappa shape index (κ1) is 25.4. The molecule has 1 amide bonds. The van der Waals surface area contributed by atoms with Crippen molar-refractivity contribution in [3.63, 3.8) is 0 Å². The molecule has 1 aliphatic rings. The lowest BCUT2D eigenvalue weighted by atomic mass is 10.1. The van der Waals surface area contributed by atoms with Gasteiger partial charge < -0.3 is 9.30 Å². The molecule has 40 heavy (non-hydrogen) atoms. The number of hydrogen-bond acceptors (Lipinski definition) is 5. The van der Waals surface area contributed by atoms with Crippen LogP contribution in [0.25, 0.3) is 28.0 Å². The molecular weight excluding hydrogens is 509 g/mol. The van der Waals surface area contributed by atoms with Crippen LogP contribution >= 0.6 is 0 Å². The number of amides is 1. The van der Waals surface area contributed by atoms with Crippen LogP contribution in [0.4, 0.5) is 10.1 Å². The Morgan fingerprint density at radius 2 is 1.60 bits per heavy atom. The number of pyridine rings is 1. The molecule has 9 heteroatoms. The number of piperazine rings is 1. The van der Waals surface area contributed by atoms with Gasteiger partial charge in [-0.2, -0.15) is 0 Å². The first-order chi connectivity index (χ1) is 19.5. The number of benzene rings is 3. The van der Waals surface area contributed by atoms with Crippen molar-refractivity contribution in [3.8, 4) is 22.4 Å². The molecule has 3 heterocycles. The standard InChI is InChI=1S/C31H26FN5O3/c32-26-10-4-9-24(18-26)31(38)35-16-14-34(15-17-35)21-28-30(22-6-2-1-3-7-22)33-29-13-12-25(20-36(28)29)23-8-5-11-27(19-23)37(39)40/h1-13,18-20H,14-17,21H2. The number of nitro benzene ring substituents is 1. The number of rotatable bonds is 6. The number of imidazole rings is 1. The highest BCUT2D eigenvalue weighted by atomic mass is 19.1. The Kier molecular flexibility index (Phi) is 6.79. The molecule has 0 radical (unpaired) electrons. The molecule has 6 rings (SSSR count). The number of hydrogen-bond donors (Lipinski definition) is 0. The van der Waals surface area contributed by atoms with Gasteiger partial charge in [-0.25, -0.2) is 9.37 Å². The van der Waals surface area contributed by atoms with Crippen molar-refractivity contribution >= 4 is 17.2 Å². The zero-order chi connectivity index (χ0) is 27.6. The van der Waals surface area contributed by atoms with Gasteiger partial charge in [-0.05, 0) is 41.5 Å². The van der Waals surface area contributed by atoms with Gasteiger partial charge in [0.05, 0.1) is 16.3 Å². The molecule has 1 aliphatic heterocycles. The van der Waals surface area contributed by atoms with E-state index in [1.807, 2.05) is 54.7 Å². The fraction of sp³-hybridized carbons (Fsp3) is 0.161. The molecule has 0 bridgehead atoms. The molecule has 5 aromatic rings. The van der Waals surface area contributed by atoms with E-state index in [4.69, 9.17) is 4.98 Å². The first-order valence-corrected chi connectivity index (χ1v) is 13.0. The first-order valence-electron chi connectivity index (χ1n) is 13.0. The van der Waals surface area contributed by atoms with Crippen LogP contribution < -0.4 is 0 Å². The molecule has 1 saturated heterocycles. The zero-order valence-electron chi connectivity index (χ0n) is 21.6. The summed E-state index contributed by atoms with van der Waals surface area (Å²) in [6, 6.07) is 26.2. The quantitative estimate of drug-likeness (QED) is 0.207. The number of aromatic nitrogens is 2. The number of fused-ring (bicyclic) bond motifs is 1. The van der Waals surface area contributed by atoms with E-state index in [-0.39, 0.29) is 11.6 Å². The Balaban J connectivity index is 1.30. The van der Waals surface area contributed by atoms with E-state index in [9.17, 15) is 19.3 Å². The van der Waals surface area contributed by atoms with E-state index in [1.54, 1.807) is 29.2 Å². The lowest BCUT2D eigenvalue weighted by Gasteiger charge is -2.34. The van der Waals surface area contributed by atoms with E-state index in [2.05, 4.69) is 9.30 Å². The second kappa shape index (κ2) is 10.7. The van der Waals surface area contributed by atoms with Gasteiger partial charge in [0.2, 0.25) is 0 Å². The number of nitro groups is 1. The van der Waals surface area contributed by atoms with E-state index < -0.39 is 10.7 Å². The van der Waals surface area contributed by atoms with Crippen LogP contribution in [0.2, 0.25) is 0 Å². The normalized spacial score (nSPS) is 14.0. The summed E-state index contributed by atoms with van der Waals surface area (Å²) in [5, 5.41) is 11.3. The maximum Gasteiger partial charge on any atom is 0.270 e. The predicted molar refractivity (Wildman–Crippen MR) is 150 cm³/mol. The summed E-state index contributed by atoms with van der Waals surface area (Å²) in [6.45, 7) is 2.99. The molecule has 200 valence electrons. The maximum absolute atomic E-state index is 13.6. The highest BCUT2D eigenvalue weighted by molar-refractivity contribution is 5.94. The maximum atomic E-state index is 13.6. The van der Waals surface area contributed by atoms with Gasteiger partial charge in [0, 0.05) is 62.2 Å². The zero-order valence-corrected chi connectivity index (χ0v) is 21.6. The summed E-state index contributed by atoms with van der Waals surface area (Å²) in [5.74, 6) is -0.587. The fourth-order valence-electron chi connectivity index (χ4n) is 5.17. The highest BCUT2D eigenvalue weighted by Crippen LogP contribution is 2.30. The largest absolute Gasteiger partial charge is 0.336 e. The molecule has 2 aromatic heterocycles. The molecule has 8 nitrogen and oxygen atoms in total. The average molecular weight is 536 g/mol. The summed E-state index contributed by atoms with van der Waals surface area (Å²) in [6.07, 6.45) is 1.98. The Labute approximate surface area is 230 Å². The monoisotopic (exact) mass is 535 g/mol. The van der Waals surface area contributed by atoms with Crippen LogP contribution in [-0.2, 0) is 6.54 Å². The van der Waals surface area contributed by atoms with E-state index in [0.717, 1.165) is 33.7 Å². The van der Waals surface area contributed by atoms with Gasteiger partial charge in [-0.1, -0.05) is 48.5 Å². The van der Waals surface area contributed by atoms with Crippen LogP contribution in [0, 0.1) is 15.9 Å². The summed E-state index contributed by atoms with van der Waals surface area (Å²) in [4.78, 5) is 32.9.